The summed E-state index contributed by atoms with van der Waals surface area (Å²) in [6.45, 7) is 6.61. The molecule has 128 valence electrons. The number of hydrogen-bond donors (Lipinski definition) is 1. The molecule has 0 aromatic carbocycles. The second-order valence-corrected chi connectivity index (χ2v) is 9.18. The first-order valence-corrected chi connectivity index (χ1v) is 9.33. The molecule has 4 aliphatic rings. The predicted octanol–water partition coefficient (Wildman–Crippen LogP) is 4.22. The van der Waals surface area contributed by atoms with Crippen molar-refractivity contribution in [1.29, 1.82) is 0 Å². The molecule has 4 rings (SSSR count). The molecule has 0 aromatic heterocycles. The van der Waals surface area contributed by atoms with E-state index in [1.807, 2.05) is 6.92 Å². The van der Waals surface area contributed by atoms with Gasteiger partial charge in [-0.1, -0.05) is 25.0 Å². The van der Waals surface area contributed by atoms with E-state index in [0.29, 0.717) is 18.3 Å². The fraction of sp³-hybridized carbons (Fsp3) is 0.850. The zero-order valence-electron chi connectivity index (χ0n) is 14.6. The lowest BCUT2D eigenvalue weighted by molar-refractivity contribution is -0.134. The van der Waals surface area contributed by atoms with Gasteiger partial charge in [0.05, 0.1) is 6.10 Å². The fourth-order valence-electron chi connectivity index (χ4n) is 6.85. The molecule has 4 aliphatic carbocycles. The number of hydrogen-bond acceptors (Lipinski definition) is 2. The van der Waals surface area contributed by atoms with Crippen LogP contribution in [0.1, 0.15) is 65.7 Å². The molecule has 7 atom stereocenters. The van der Waals surface area contributed by atoms with E-state index in [1.165, 1.54) is 11.1 Å². The molecule has 0 aromatic rings. The third-order valence-electron chi connectivity index (χ3n) is 8.14. The van der Waals surface area contributed by atoms with Crippen LogP contribution < -0.4 is 0 Å². The monoisotopic (exact) mass is 320 g/mol. The minimum Gasteiger partial charge on any atom is -0.393 e. The molecule has 23 heavy (non-hydrogen) atoms. The summed E-state index contributed by atoms with van der Waals surface area (Å²) >= 11 is 0. The van der Waals surface area contributed by atoms with Gasteiger partial charge in [-0.05, 0) is 75.0 Å². The summed E-state index contributed by atoms with van der Waals surface area (Å²) in [6.07, 6.45) is 4.64. The minimum atomic E-state index is -1.24. The Morgan fingerprint density at radius 2 is 1.78 bits per heavy atom. The van der Waals surface area contributed by atoms with Gasteiger partial charge >= 0.3 is 0 Å². The van der Waals surface area contributed by atoms with E-state index in [9.17, 15) is 14.3 Å². The highest BCUT2D eigenvalue weighted by Crippen LogP contribution is 2.65. The first-order valence-electron chi connectivity index (χ1n) is 9.33. The van der Waals surface area contributed by atoms with E-state index in [0.717, 1.165) is 38.5 Å². The largest absolute Gasteiger partial charge is 0.393 e. The van der Waals surface area contributed by atoms with Crippen LogP contribution in [0.4, 0.5) is 4.39 Å². The van der Waals surface area contributed by atoms with Crippen molar-refractivity contribution in [3.8, 4) is 0 Å². The molecule has 0 aliphatic heterocycles. The molecule has 1 N–H and O–H groups in total. The molecule has 0 spiro atoms. The van der Waals surface area contributed by atoms with Crippen molar-refractivity contribution in [3.05, 3.63) is 11.1 Å². The summed E-state index contributed by atoms with van der Waals surface area (Å²) in [6, 6.07) is 0. The van der Waals surface area contributed by atoms with E-state index in [1.54, 1.807) is 0 Å². The van der Waals surface area contributed by atoms with Gasteiger partial charge in [0.25, 0.3) is 0 Å². The molecular formula is C20H29FO2. The topological polar surface area (TPSA) is 37.3 Å². The van der Waals surface area contributed by atoms with Crippen LogP contribution in [0.2, 0.25) is 0 Å². The predicted molar refractivity (Wildman–Crippen MR) is 87.6 cm³/mol. The van der Waals surface area contributed by atoms with Crippen molar-refractivity contribution in [2.75, 3.05) is 0 Å². The molecule has 0 bridgehead atoms. The first-order chi connectivity index (χ1) is 10.8. The third-order valence-corrected chi connectivity index (χ3v) is 8.14. The Kier molecular flexibility index (Phi) is 3.37. The minimum absolute atomic E-state index is 0.127. The van der Waals surface area contributed by atoms with Gasteiger partial charge in [-0.2, -0.15) is 0 Å². The SMILES string of the molecule is CC1=C2C[C@@H](O)CC[C@]2(C)[C@H]2CC[C@]3(C)C(=O)[C@H](F)C[C@H]3[C@@H]2C1. The standard InChI is InChI=1S/C20H29FO2/c1-11-8-13-14(19(2)6-4-12(22)9-15(11)19)5-7-20(3)16(13)10-17(21)18(20)23/h12-14,16-17,22H,4-10H2,1-3H3/t12-,13+,14-,16-,17+,19+,20-/m0/s1. The maximum Gasteiger partial charge on any atom is 0.173 e. The first kappa shape index (κ1) is 15.8. The molecule has 0 unspecified atom stereocenters. The van der Waals surface area contributed by atoms with Crippen LogP contribution in [0, 0.1) is 28.6 Å². The number of Topliss-reactive ketones (excluding diaryl/α,β-unsaturated/α-hetero) is 1. The van der Waals surface area contributed by atoms with Crippen LogP contribution in [0.5, 0.6) is 0 Å². The van der Waals surface area contributed by atoms with Gasteiger partial charge in [0.15, 0.2) is 12.0 Å². The Morgan fingerprint density at radius 3 is 2.52 bits per heavy atom. The zero-order valence-corrected chi connectivity index (χ0v) is 14.6. The zero-order chi connectivity index (χ0) is 16.6. The second-order valence-electron chi connectivity index (χ2n) is 9.18. The van der Waals surface area contributed by atoms with E-state index < -0.39 is 11.6 Å². The van der Waals surface area contributed by atoms with Gasteiger partial charge in [-0.25, -0.2) is 4.39 Å². The lowest BCUT2D eigenvalue weighted by atomic mass is 9.47. The number of carbonyl (C=O) groups excluding carboxylic acids is 1. The smallest absolute Gasteiger partial charge is 0.173 e. The number of ketones is 1. The maximum atomic E-state index is 14.2. The van der Waals surface area contributed by atoms with E-state index in [-0.39, 0.29) is 23.2 Å². The summed E-state index contributed by atoms with van der Waals surface area (Å²) in [5, 5.41) is 10.1. The lowest BCUT2D eigenvalue weighted by Gasteiger charge is -2.57. The average Bonchev–Trinajstić information content (AvgIpc) is 2.73. The summed E-state index contributed by atoms with van der Waals surface area (Å²) < 4.78 is 14.2. The van der Waals surface area contributed by atoms with Crippen LogP contribution in [0.25, 0.3) is 0 Å². The van der Waals surface area contributed by atoms with Crippen LogP contribution in [-0.2, 0) is 4.79 Å². The number of carbonyl (C=O) groups is 1. The van der Waals surface area contributed by atoms with E-state index in [2.05, 4.69) is 13.8 Å². The Labute approximate surface area is 138 Å². The number of allylic oxidation sites excluding steroid dienone is 1. The van der Waals surface area contributed by atoms with E-state index >= 15 is 0 Å². The maximum absolute atomic E-state index is 14.2. The van der Waals surface area contributed by atoms with E-state index in [4.69, 9.17) is 0 Å². The summed E-state index contributed by atoms with van der Waals surface area (Å²) in [5.41, 5.74) is 2.61. The Hall–Kier alpha value is -0.700. The molecule has 0 heterocycles. The van der Waals surface area contributed by atoms with Crippen LogP contribution in [-0.4, -0.2) is 23.2 Å². The van der Waals surface area contributed by atoms with Gasteiger partial charge in [0, 0.05) is 5.41 Å². The lowest BCUT2D eigenvalue weighted by Crippen LogP contribution is -2.51. The van der Waals surface area contributed by atoms with Crippen molar-refractivity contribution < 1.29 is 14.3 Å². The van der Waals surface area contributed by atoms with Crippen LogP contribution in [0.3, 0.4) is 0 Å². The highest BCUT2D eigenvalue weighted by atomic mass is 19.1. The normalized spacial score (nSPS) is 52.9. The Bertz CT molecular complexity index is 582. The van der Waals surface area contributed by atoms with Crippen molar-refractivity contribution in [1.82, 2.24) is 0 Å². The molecule has 3 fully saturated rings. The number of halogens is 1. The average molecular weight is 320 g/mol. The van der Waals surface area contributed by atoms with Gasteiger partial charge in [0.2, 0.25) is 0 Å². The molecule has 0 amide bonds. The summed E-state index contributed by atoms with van der Waals surface area (Å²) in [4.78, 5) is 12.4. The molecule has 3 heteroatoms. The molecule has 2 nitrogen and oxygen atoms in total. The van der Waals surface area contributed by atoms with Crippen molar-refractivity contribution in [2.24, 2.45) is 28.6 Å². The number of aliphatic hydroxyl groups is 1. The molecular weight excluding hydrogens is 291 g/mol. The highest BCUT2D eigenvalue weighted by Gasteiger charge is 2.61. The van der Waals surface area contributed by atoms with Gasteiger partial charge < -0.3 is 5.11 Å². The third kappa shape index (κ3) is 1.98. The van der Waals surface area contributed by atoms with Crippen molar-refractivity contribution >= 4 is 5.78 Å². The van der Waals surface area contributed by atoms with Crippen LogP contribution >= 0.6 is 0 Å². The molecule has 0 saturated heterocycles. The number of rotatable bonds is 0. The van der Waals surface area contributed by atoms with Crippen LogP contribution in [0.15, 0.2) is 11.1 Å². The summed E-state index contributed by atoms with van der Waals surface area (Å²) in [7, 11) is 0. The Balaban J connectivity index is 1.74. The van der Waals surface area contributed by atoms with Gasteiger partial charge in [-0.15, -0.1) is 0 Å². The number of fused-ring (bicyclic) bond motifs is 5. The second kappa shape index (κ2) is 4.91. The summed E-state index contributed by atoms with van der Waals surface area (Å²) in [5.74, 6) is 1.09. The quantitative estimate of drug-likeness (QED) is 0.679. The number of aliphatic hydroxyl groups excluding tert-OH is 1. The van der Waals surface area contributed by atoms with Gasteiger partial charge in [-0.3, -0.25) is 4.79 Å². The Morgan fingerprint density at radius 1 is 1.09 bits per heavy atom. The van der Waals surface area contributed by atoms with Crippen molar-refractivity contribution in [3.63, 3.8) is 0 Å². The van der Waals surface area contributed by atoms with Gasteiger partial charge in [0.1, 0.15) is 0 Å². The van der Waals surface area contributed by atoms with Crippen molar-refractivity contribution in [2.45, 2.75) is 78.0 Å². The molecule has 3 saturated carbocycles. The fourth-order valence-corrected chi connectivity index (χ4v) is 6.85. The molecule has 0 radical (unpaired) electrons. The number of alkyl halides is 1. The highest BCUT2D eigenvalue weighted by molar-refractivity contribution is 5.91.